The zero-order chi connectivity index (χ0) is 23.8. The Hall–Kier alpha value is -2.62. The third-order valence-electron chi connectivity index (χ3n) is 6.46. The molecule has 2 aliphatic rings. The fourth-order valence-corrected chi connectivity index (χ4v) is 4.55. The summed E-state index contributed by atoms with van der Waals surface area (Å²) in [5.41, 5.74) is -0.171. The molecule has 2 unspecified atom stereocenters. The van der Waals surface area contributed by atoms with Gasteiger partial charge in [-0.25, -0.2) is 4.79 Å². The van der Waals surface area contributed by atoms with Gasteiger partial charge in [-0.15, -0.1) is 0 Å². The molecule has 2 fully saturated rings. The summed E-state index contributed by atoms with van der Waals surface area (Å²) >= 11 is 0. The molecular formula is C23H29F3N4O3. The maximum Gasteiger partial charge on any atom is 0.416 e. The minimum absolute atomic E-state index is 0.0721. The SMILES string of the molecule is CC(C)c1noc(C2CC(c3cccc(C(F)(F)F)c3)CN(C(=O)N3CCC(O)CC3)C2)n1. The highest BCUT2D eigenvalue weighted by Crippen LogP contribution is 2.38. The monoisotopic (exact) mass is 466 g/mol. The molecule has 33 heavy (non-hydrogen) atoms. The van der Waals surface area contributed by atoms with E-state index in [1.165, 1.54) is 12.1 Å². The third-order valence-corrected chi connectivity index (χ3v) is 6.46. The van der Waals surface area contributed by atoms with Crippen molar-refractivity contribution in [3.63, 3.8) is 0 Å². The Morgan fingerprint density at radius 2 is 1.85 bits per heavy atom. The molecule has 0 aliphatic carbocycles. The normalized spacial score (nSPS) is 22.8. The largest absolute Gasteiger partial charge is 0.416 e. The molecule has 2 aliphatic heterocycles. The van der Waals surface area contributed by atoms with Gasteiger partial charge in [0.05, 0.1) is 17.6 Å². The Morgan fingerprint density at radius 1 is 1.15 bits per heavy atom. The zero-order valence-electron chi connectivity index (χ0n) is 18.8. The molecule has 0 radical (unpaired) electrons. The number of aromatic nitrogens is 2. The lowest BCUT2D eigenvalue weighted by Crippen LogP contribution is -2.51. The fraction of sp³-hybridized carbons (Fsp3) is 0.609. The second-order valence-corrected chi connectivity index (χ2v) is 9.30. The fourth-order valence-electron chi connectivity index (χ4n) is 4.55. The first-order chi connectivity index (χ1) is 15.6. The Bertz CT molecular complexity index is 970. The summed E-state index contributed by atoms with van der Waals surface area (Å²) < 4.78 is 45.4. The molecule has 0 spiro atoms. The number of carbonyl (C=O) groups is 1. The summed E-state index contributed by atoms with van der Waals surface area (Å²) in [5, 5.41) is 13.8. The van der Waals surface area contributed by atoms with E-state index < -0.39 is 17.8 Å². The van der Waals surface area contributed by atoms with Crippen LogP contribution in [0.1, 0.15) is 73.7 Å². The lowest BCUT2D eigenvalue weighted by Gasteiger charge is -2.40. The summed E-state index contributed by atoms with van der Waals surface area (Å²) in [6, 6.07) is 5.13. The average Bonchev–Trinajstić information content (AvgIpc) is 3.29. The van der Waals surface area contributed by atoms with Crippen molar-refractivity contribution in [3.05, 3.63) is 47.1 Å². The number of aliphatic hydroxyl groups excluding tert-OH is 1. The van der Waals surface area contributed by atoms with Gasteiger partial charge in [0.1, 0.15) is 0 Å². The van der Waals surface area contributed by atoms with E-state index >= 15 is 0 Å². The number of likely N-dealkylation sites (tertiary alicyclic amines) is 2. The van der Waals surface area contributed by atoms with Crippen LogP contribution >= 0.6 is 0 Å². The average molecular weight is 467 g/mol. The molecule has 3 heterocycles. The molecule has 10 heteroatoms. The second kappa shape index (κ2) is 9.32. The molecule has 1 aromatic carbocycles. The molecule has 2 atom stereocenters. The number of benzene rings is 1. The van der Waals surface area contributed by atoms with Gasteiger partial charge >= 0.3 is 12.2 Å². The maximum absolute atomic E-state index is 13.3. The highest BCUT2D eigenvalue weighted by atomic mass is 19.4. The van der Waals surface area contributed by atoms with E-state index in [1.54, 1.807) is 15.9 Å². The molecule has 0 bridgehead atoms. The first-order valence-electron chi connectivity index (χ1n) is 11.3. The Balaban J connectivity index is 1.61. The predicted molar refractivity (Wildman–Crippen MR) is 114 cm³/mol. The smallest absolute Gasteiger partial charge is 0.393 e. The summed E-state index contributed by atoms with van der Waals surface area (Å²) in [6.07, 6.45) is -3.31. The number of alkyl halides is 3. The molecule has 2 aromatic rings. The molecular weight excluding hydrogens is 437 g/mol. The van der Waals surface area contributed by atoms with Crippen LogP contribution in [0.3, 0.4) is 0 Å². The third kappa shape index (κ3) is 5.31. The van der Waals surface area contributed by atoms with Crippen molar-refractivity contribution < 1.29 is 27.6 Å². The Morgan fingerprint density at radius 3 is 2.48 bits per heavy atom. The van der Waals surface area contributed by atoms with Crippen LogP contribution in [-0.2, 0) is 6.18 Å². The quantitative estimate of drug-likeness (QED) is 0.727. The molecule has 180 valence electrons. The van der Waals surface area contributed by atoms with Gasteiger partial charge < -0.3 is 19.4 Å². The Kier molecular flexibility index (Phi) is 6.65. The number of nitrogens with zero attached hydrogens (tertiary/aromatic N) is 4. The van der Waals surface area contributed by atoms with Crippen molar-refractivity contribution in [1.29, 1.82) is 0 Å². The summed E-state index contributed by atoms with van der Waals surface area (Å²) in [4.78, 5) is 21.1. The Labute approximate surface area is 190 Å². The molecule has 4 rings (SSSR count). The van der Waals surface area contributed by atoms with Crippen molar-refractivity contribution in [2.75, 3.05) is 26.2 Å². The van der Waals surface area contributed by atoms with E-state index in [2.05, 4.69) is 10.1 Å². The molecule has 1 N–H and O–H groups in total. The standard InChI is InChI=1S/C23H29F3N4O3/c1-14(2)20-27-21(33-28-20)17-10-16(15-4-3-5-18(11-15)23(24,25)26)12-30(13-17)22(32)29-8-6-19(31)7-9-29/h3-5,11,14,16-17,19,31H,6-10,12-13H2,1-2H3. The van der Waals surface area contributed by atoms with Crippen LogP contribution in [0.2, 0.25) is 0 Å². The number of aliphatic hydroxyl groups is 1. The van der Waals surface area contributed by atoms with Gasteiger partial charge in [-0.3, -0.25) is 0 Å². The molecule has 0 saturated carbocycles. The number of amides is 2. The van der Waals surface area contributed by atoms with Crippen LogP contribution in [0, 0.1) is 0 Å². The van der Waals surface area contributed by atoms with Crippen LogP contribution in [-0.4, -0.2) is 63.4 Å². The zero-order valence-corrected chi connectivity index (χ0v) is 18.8. The number of rotatable bonds is 3. The summed E-state index contributed by atoms with van der Waals surface area (Å²) in [7, 11) is 0. The van der Waals surface area contributed by atoms with Gasteiger partial charge in [-0.1, -0.05) is 37.2 Å². The highest BCUT2D eigenvalue weighted by molar-refractivity contribution is 5.75. The lowest BCUT2D eigenvalue weighted by atomic mass is 9.84. The van der Waals surface area contributed by atoms with Crippen molar-refractivity contribution in [2.45, 2.75) is 63.1 Å². The van der Waals surface area contributed by atoms with Crippen LogP contribution in [0.4, 0.5) is 18.0 Å². The molecule has 1 aromatic heterocycles. The van der Waals surface area contributed by atoms with E-state index in [-0.39, 0.29) is 23.8 Å². The van der Waals surface area contributed by atoms with E-state index in [0.717, 1.165) is 6.07 Å². The predicted octanol–water partition coefficient (Wildman–Crippen LogP) is 4.36. The van der Waals surface area contributed by atoms with Crippen molar-refractivity contribution in [1.82, 2.24) is 19.9 Å². The van der Waals surface area contributed by atoms with Crippen LogP contribution in [0.5, 0.6) is 0 Å². The minimum Gasteiger partial charge on any atom is -0.393 e. The number of piperidine rings is 2. The van der Waals surface area contributed by atoms with Gasteiger partial charge in [0.2, 0.25) is 5.89 Å². The first kappa shape index (κ1) is 23.5. The maximum atomic E-state index is 13.3. The topological polar surface area (TPSA) is 82.7 Å². The van der Waals surface area contributed by atoms with Gasteiger partial charge in [0.25, 0.3) is 0 Å². The number of hydrogen-bond donors (Lipinski definition) is 1. The van der Waals surface area contributed by atoms with E-state index in [4.69, 9.17) is 4.52 Å². The summed E-state index contributed by atoms with van der Waals surface area (Å²) in [5.74, 6) is 0.455. The number of urea groups is 1. The van der Waals surface area contributed by atoms with Crippen molar-refractivity contribution in [2.24, 2.45) is 0 Å². The highest BCUT2D eigenvalue weighted by Gasteiger charge is 2.38. The van der Waals surface area contributed by atoms with E-state index in [0.29, 0.717) is 62.7 Å². The van der Waals surface area contributed by atoms with Gasteiger partial charge in [0.15, 0.2) is 5.82 Å². The van der Waals surface area contributed by atoms with E-state index in [1.807, 2.05) is 13.8 Å². The number of hydrogen-bond acceptors (Lipinski definition) is 5. The molecule has 2 saturated heterocycles. The van der Waals surface area contributed by atoms with Crippen molar-refractivity contribution >= 4 is 6.03 Å². The molecule has 2 amide bonds. The van der Waals surface area contributed by atoms with Gasteiger partial charge in [-0.05, 0) is 30.9 Å². The number of halogens is 3. The number of carbonyl (C=O) groups excluding carboxylic acids is 1. The van der Waals surface area contributed by atoms with Gasteiger partial charge in [0, 0.05) is 38.0 Å². The van der Waals surface area contributed by atoms with E-state index in [9.17, 15) is 23.1 Å². The second-order valence-electron chi connectivity index (χ2n) is 9.30. The van der Waals surface area contributed by atoms with Crippen molar-refractivity contribution in [3.8, 4) is 0 Å². The van der Waals surface area contributed by atoms with Gasteiger partial charge in [-0.2, -0.15) is 18.2 Å². The summed E-state index contributed by atoms with van der Waals surface area (Å²) in [6.45, 7) is 5.46. The first-order valence-corrected chi connectivity index (χ1v) is 11.3. The molecule has 7 nitrogen and oxygen atoms in total. The van der Waals surface area contributed by atoms with Crippen LogP contribution in [0.25, 0.3) is 0 Å². The van der Waals surface area contributed by atoms with Crippen LogP contribution < -0.4 is 0 Å². The van der Waals surface area contributed by atoms with Crippen LogP contribution in [0.15, 0.2) is 28.8 Å². The lowest BCUT2D eigenvalue weighted by molar-refractivity contribution is -0.137. The minimum atomic E-state index is -4.44.